The Hall–Kier alpha value is -3.75. The molecule has 0 aromatic carbocycles. The molecular formula is C21H20FN7O. The molecule has 0 saturated heterocycles. The number of nitrogens with two attached hydrogens (primary N) is 1. The molecule has 4 aromatic heterocycles. The Morgan fingerprint density at radius 1 is 1.20 bits per heavy atom. The van der Waals surface area contributed by atoms with Gasteiger partial charge in [-0.25, -0.2) is 9.37 Å². The first kappa shape index (κ1) is 18.3. The molecule has 152 valence electrons. The Bertz CT molecular complexity index is 1250. The number of halogens is 1. The van der Waals surface area contributed by atoms with Crippen LogP contribution in [-0.2, 0) is 13.1 Å². The standard InChI is InChI=1S/C21H20FN7O/c1-3-28-20-13-6-18(21(23)25-8-13)30-12(2)16-7-15(22)10-24-19(16)17-4-5-26-29(17)11-14(20)9-27-28/h4-10,12H,3,11H2,1-2H3,(H2,23,25). The third kappa shape index (κ3) is 2.90. The summed E-state index contributed by atoms with van der Waals surface area (Å²) in [5, 5.41) is 9.00. The highest BCUT2D eigenvalue weighted by Gasteiger charge is 2.23. The van der Waals surface area contributed by atoms with Gasteiger partial charge in [0.05, 0.1) is 36.0 Å². The number of aryl methyl sites for hydroxylation is 1. The van der Waals surface area contributed by atoms with E-state index in [1.807, 2.05) is 41.5 Å². The van der Waals surface area contributed by atoms with Crippen LogP contribution in [0.4, 0.5) is 10.2 Å². The summed E-state index contributed by atoms with van der Waals surface area (Å²) in [6.07, 6.45) is 5.94. The lowest BCUT2D eigenvalue weighted by Crippen LogP contribution is -2.13. The minimum atomic E-state index is -0.513. The number of ether oxygens (including phenoxy) is 1. The molecule has 0 amide bonds. The number of nitrogens with zero attached hydrogens (tertiary/aromatic N) is 6. The lowest BCUT2D eigenvalue weighted by molar-refractivity contribution is 0.227. The smallest absolute Gasteiger partial charge is 0.166 e. The summed E-state index contributed by atoms with van der Waals surface area (Å²) >= 11 is 0. The van der Waals surface area contributed by atoms with E-state index in [1.165, 1.54) is 12.3 Å². The monoisotopic (exact) mass is 405 g/mol. The third-order valence-electron chi connectivity index (χ3n) is 5.27. The molecule has 2 bridgehead atoms. The van der Waals surface area contributed by atoms with Crippen molar-refractivity contribution in [2.45, 2.75) is 33.0 Å². The SMILES string of the molecule is CCn1ncc2c1-c1cnc(N)c(c1)OC(C)c1cc(F)cnc1-c1ccnn1C2. The van der Waals surface area contributed by atoms with Crippen molar-refractivity contribution in [3.63, 3.8) is 0 Å². The highest BCUT2D eigenvalue weighted by Crippen LogP contribution is 2.36. The number of hydrogen-bond acceptors (Lipinski definition) is 6. The van der Waals surface area contributed by atoms with Crippen LogP contribution in [0.3, 0.4) is 0 Å². The third-order valence-corrected chi connectivity index (χ3v) is 5.27. The zero-order valence-corrected chi connectivity index (χ0v) is 16.6. The van der Waals surface area contributed by atoms with Gasteiger partial charge < -0.3 is 10.5 Å². The zero-order valence-electron chi connectivity index (χ0n) is 16.6. The van der Waals surface area contributed by atoms with E-state index in [9.17, 15) is 4.39 Å². The van der Waals surface area contributed by atoms with Crippen molar-refractivity contribution in [3.8, 4) is 28.4 Å². The zero-order chi connectivity index (χ0) is 20.8. The van der Waals surface area contributed by atoms with Crippen molar-refractivity contribution < 1.29 is 9.13 Å². The largest absolute Gasteiger partial charge is 0.482 e. The number of fused-ring (bicyclic) bond motifs is 7. The van der Waals surface area contributed by atoms with Crippen LogP contribution in [0, 0.1) is 5.82 Å². The van der Waals surface area contributed by atoms with Gasteiger partial charge in [-0.05, 0) is 32.0 Å². The second-order valence-corrected chi connectivity index (χ2v) is 7.17. The van der Waals surface area contributed by atoms with Crippen LogP contribution in [-0.4, -0.2) is 29.5 Å². The molecule has 30 heavy (non-hydrogen) atoms. The highest BCUT2D eigenvalue weighted by molar-refractivity contribution is 5.68. The minimum Gasteiger partial charge on any atom is -0.482 e. The fourth-order valence-electron chi connectivity index (χ4n) is 3.85. The average molecular weight is 405 g/mol. The predicted molar refractivity (Wildman–Crippen MR) is 109 cm³/mol. The van der Waals surface area contributed by atoms with Gasteiger partial charge in [-0.3, -0.25) is 14.3 Å². The van der Waals surface area contributed by atoms with E-state index in [0.717, 1.165) is 22.5 Å². The van der Waals surface area contributed by atoms with Crippen molar-refractivity contribution in [2.24, 2.45) is 0 Å². The maximum atomic E-state index is 14.1. The second kappa shape index (κ2) is 6.94. The minimum absolute atomic E-state index is 0.266. The van der Waals surface area contributed by atoms with Gasteiger partial charge >= 0.3 is 0 Å². The molecule has 0 saturated carbocycles. The van der Waals surface area contributed by atoms with E-state index in [-0.39, 0.29) is 5.82 Å². The van der Waals surface area contributed by atoms with Crippen LogP contribution in [0.2, 0.25) is 0 Å². The Morgan fingerprint density at radius 3 is 2.90 bits per heavy atom. The molecule has 0 aliphatic carbocycles. The van der Waals surface area contributed by atoms with Gasteiger partial charge in [-0.2, -0.15) is 10.2 Å². The molecule has 0 fully saturated rings. The Morgan fingerprint density at radius 2 is 2.07 bits per heavy atom. The lowest BCUT2D eigenvalue weighted by Gasteiger charge is -2.21. The predicted octanol–water partition coefficient (Wildman–Crippen LogP) is 3.45. The molecule has 1 aliphatic rings. The van der Waals surface area contributed by atoms with Gasteiger partial charge in [0.25, 0.3) is 0 Å². The van der Waals surface area contributed by atoms with Crippen molar-refractivity contribution in [1.29, 1.82) is 0 Å². The summed E-state index contributed by atoms with van der Waals surface area (Å²) in [5.41, 5.74) is 10.8. The molecule has 5 heterocycles. The van der Waals surface area contributed by atoms with E-state index in [2.05, 4.69) is 20.2 Å². The van der Waals surface area contributed by atoms with Crippen molar-refractivity contribution in [3.05, 3.63) is 59.9 Å². The first-order chi connectivity index (χ1) is 14.5. The molecule has 1 atom stereocenters. The topological polar surface area (TPSA) is 96.7 Å². The Labute approximate surface area is 172 Å². The van der Waals surface area contributed by atoms with Gasteiger partial charge in [0.1, 0.15) is 11.9 Å². The summed E-state index contributed by atoms with van der Waals surface area (Å²) in [7, 11) is 0. The maximum absolute atomic E-state index is 14.1. The van der Waals surface area contributed by atoms with Crippen molar-refractivity contribution >= 4 is 5.82 Å². The lowest BCUT2D eigenvalue weighted by atomic mass is 10.0. The Balaban J connectivity index is 1.79. The summed E-state index contributed by atoms with van der Waals surface area (Å²) in [4.78, 5) is 8.68. The van der Waals surface area contributed by atoms with Crippen molar-refractivity contribution in [1.82, 2.24) is 29.5 Å². The number of nitrogen functional groups attached to an aromatic ring is 1. The molecular weight excluding hydrogens is 385 g/mol. The number of pyridine rings is 2. The van der Waals surface area contributed by atoms with Crippen molar-refractivity contribution in [2.75, 3.05) is 5.73 Å². The summed E-state index contributed by atoms with van der Waals surface area (Å²) in [6, 6.07) is 5.15. The van der Waals surface area contributed by atoms with Crippen LogP contribution < -0.4 is 10.5 Å². The van der Waals surface area contributed by atoms with Gasteiger partial charge in [-0.1, -0.05) is 0 Å². The average Bonchev–Trinajstić information content (AvgIpc) is 3.36. The van der Waals surface area contributed by atoms with E-state index < -0.39 is 11.9 Å². The van der Waals surface area contributed by atoms with E-state index >= 15 is 0 Å². The number of anilines is 1. The maximum Gasteiger partial charge on any atom is 0.166 e. The second-order valence-electron chi connectivity index (χ2n) is 7.17. The highest BCUT2D eigenvalue weighted by atomic mass is 19.1. The quantitative estimate of drug-likeness (QED) is 0.521. The summed E-state index contributed by atoms with van der Waals surface area (Å²) in [5.74, 6) is 0.260. The molecule has 1 unspecified atom stereocenters. The van der Waals surface area contributed by atoms with Crippen LogP contribution in [0.25, 0.3) is 22.6 Å². The summed E-state index contributed by atoms with van der Waals surface area (Å²) in [6.45, 7) is 5.04. The molecule has 0 spiro atoms. The van der Waals surface area contributed by atoms with Crippen LogP contribution in [0.15, 0.2) is 43.0 Å². The normalized spacial score (nSPS) is 15.2. The molecule has 4 aromatic rings. The molecule has 0 radical (unpaired) electrons. The fraction of sp³-hybridized carbons (Fsp3) is 0.238. The molecule has 9 heteroatoms. The van der Waals surface area contributed by atoms with Gasteiger partial charge in [0, 0.05) is 35.6 Å². The fourth-order valence-corrected chi connectivity index (χ4v) is 3.85. The van der Waals surface area contributed by atoms with E-state index in [4.69, 9.17) is 10.5 Å². The molecule has 8 nitrogen and oxygen atoms in total. The van der Waals surface area contributed by atoms with Crippen LogP contribution in [0.5, 0.6) is 5.75 Å². The number of hydrogen-bond donors (Lipinski definition) is 1. The van der Waals surface area contributed by atoms with Crippen LogP contribution >= 0.6 is 0 Å². The first-order valence-electron chi connectivity index (χ1n) is 9.70. The van der Waals surface area contributed by atoms with Crippen LogP contribution in [0.1, 0.15) is 31.1 Å². The van der Waals surface area contributed by atoms with Gasteiger partial charge in [0.2, 0.25) is 0 Å². The van der Waals surface area contributed by atoms with Gasteiger partial charge in [-0.15, -0.1) is 0 Å². The molecule has 2 N–H and O–H groups in total. The van der Waals surface area contributed by atoms with E-state index in [0.29, 0.717) is 30.1 Å². The number of rotatable bonds is 1. The number of aromatic nitrogens is 6. The first-order valence-corrected chi connectivity index (χ1v) is 9.70. The van der Waals surface area contributed by atoms with Gasteiger partial charge in [0.15, 0.2) is 11.6 Å². The Kier molecular flexibility index (Phi) is 4.23. The molecule has 1 aliphatic heterocycles. The molecule has 5 rings (SSSR count). The van der Waals surface area contributed by atoms with E-state index in [1.54, 1.807) is 12.4 Å². The summed E-state index contributed by atoms with van der Waals surface area (Å²) < 4.78 is 24.0.